The summed E-state index contributed by atoms with van der Waals surface area (Å²) in [4.78, 5) is 16.5. The molecule has 0 amide bonds. The van der Waals surface area contributed by atoms with E-state index in [1.54, 1.807) is 0 Å². The van der Waals surface area contributed by atoms with Crippen LogP contribution in [0.5, 0.6) is 0 Å². The summed E-state index contributed by atoms with van der Waals surface area (Å²) in [6.45, 7) is 4.13. The van der Waals surface area contributed by atoms with E-state index >= 15 is 0 Å². The summed E-state index contributed by atoms with van der Waals surface area (Å²) >= 11 is 0. The fourth-order valence-electron chi connectivity index (χ4n) is 1.89. The monoisotopic (exact) mass is 352 g/mol. The molecule has 0 heterocycles. The summed E-state index contributed by atoms with van der Waals surface area (Å²) < 4.78 is 0. The van der Waals surface area contributed by atoms with Crippen molar-refractivity contribution in [3.8, 4) is 0 Å². The van der Waals surface area contributed by atoms with Crippen molar-refractivity contribution in [3.63, 3.8) is 0 Å². The SMILES string of the molecule is CCCC/C=C/CC([O-])=NCCN(CCCO)CCC(=O)O.[K+]. The van der Waals surface area contributed by atoms with Crippen LogP contribution in [-0.2, 0) is 4.79 Å². The smallest absolute Gasteiger partial charge is 0.862 e. The second-order valence-corrected chi connectivity index (χ2v) is 5.16. The van der Waals surface area contributed by atoms with Crippen LogP contribution in [0.1, 0.15) is 45.4 Å². The maximum absolute atomic E-state index is 11.6. The van der Waals surface area contributed by atoms with Gasteiger partial charge in [0.25, 0.3) is 0 Å². The molecule has 0 aliphatic rings. The number of nitrogens with zero attached hydrogens (tertiary/aromatic N) is 2. The van der Waals surface area contributed by atoms with Crippen LogP contribution < -0.4 is 56.5 Å². The van der Waals surface area contributed by atoms with Gasteiger partial charge >= 0.3 is 57.4 Å². The molecule has 0 atom stereocenters. The van der Waals surface area contributed by atoms with E-state index in [0.29, 0.717) is 39.0 Å². The van der Waals surface area contributed by atoms with Gasteiger partial charge in [-0.05, 0) is 25.2 Å². The summed E-state index contributed by atoms with van der Waals surface area (Å²) in [7, 11) is 0. The Morgan fingerprint density at radius 1 is 1.22 bits per heavy atom. The van der Waals surface area contributed by atoms with Crippen LogP contribution in [0.3, 0.4) is 0 Å². The first-order valence-electron chi connectivity index (χ1n) is 8.00. The van der Waals surface area contributed by atoms with E-state index in [2.05, 4.69) is 11.9 Å². The van der Waals surface area contributed by atoms with Crippen molar-refractivity contribution < 1.29 is 71.5 Å². The predicted octanol–water partition coefficient (Wildman–Crippen LogP) is -1.96. The van der Waals surface area contributed by atoms with Gasteiger partial charge in [0.2, 0.25) is 0 Å². The average Bonchev–Trinajstić information content (AvgIpc) is 2.49. The minimum atomic E-state index is -0.848. The zero-order valence-corrected chi connectivity index (χ0v) is 17.7. The molecule has 0 fully saturated rings. The predicted molar refractivity (Wildman–Crippen MR) is 86.0 cm³/mol. The third-order valence-electron chi connectivity index (χ3n) is 3.16. The van der Waals surface area contributed by atoms with Crippen molar-refractivity contribution in [3.05, 3.63) is 12.2 Å². The quantitative estimate of drug-likeness (QED) is 0.124. The fraction of sp³-hybridized carbons (Fsp3) is 0.750. The van der Waals surface area contributed by atoms with E-state index in [-0.39, 0.29) is 70.3 Å². The number of unbranched alkanes of at least 4 members (excludes halogenated alkanes) is 2. The summed E-state index contributed by atoms with van der Waals surface area (Å²) in [5, 5.41) is 29.1. The van der Waals surface area contributed by atoms with Crippen LogP contribution in [0.25, 0.3) is 0 Å². The molecule has 0 bridgehead atoms. The first kappa shape index (κ1) is 25.5. The van der Waals surface area contributed by atoms with Crippen LogP contribution in [0.4, 0.5) is 0 Å². The Balaban J connectivity index is 0. The maximum atomic E-state index is 11.6. The largest absolute Gasteiger partial charge is 1.00 e. The second kappa shape index (κ2) is 18.6. The number of carboxylic acids is 1. The first-order valence-corrected chi connectivity index (χ1v) is 8.00. The van der Waals surface area contributed by atoms with Crippen LogP contribution in [0, 0.1) is 0 Å². The second-order valence-electron chi connectivity index (χ2n) is 5.16. The number of aliphatic imine (C=N–C) groups is 1. The molecule has 23 heavy (non-hydrogen) atoms. The number of allylic oxidation sites excluding steroid dienone is 1. The molecule has 0 saturated carbocycles. The number of aliphatic hydroxyl groups excluding tert-OH is 1. The van der Waals surface area contributed by atoms with Crippen molar-refractivity contribution in [2.75, 3.05) is 32.8 Å². The van der Waals surface area contributed by atoms with Crippen molar-refractivity contribution in [2.45, 2.75) is 45.4 Å². The Hall–Kier alpha value is 0.236. The molecular formula is C16H29KN2O4. The van der Waals surface area contributed by atoms with E-state index in [0.717, 1.165) is 19.3 Å². The van der Waals surface area contributed by atoms with Crippen molar-refractivity contribution in [2.24, 2.45) is 4.99 Å². The van der Waals surface area contributed by atoms with Crippen LogP contribution >= 0.6 is 0 Å². The summed E-state index contributed by atoms with van der Waals surface area (Å²) in [5.74, 6) is -0.993. The minimum Gasteiger partial charge on any atom is -0.862 e. The van der Waals surface area contributed by atoms with E-state index < -0.39 is 5.97 Å². The number of aliphatic hydroxyl groups is 1. The van der Waals surface area contributed by atoms with Gasteiger partial charge in [0.15, 0.2) is 0 Å². The molecule has 0 unspecified atom stereocenters. The molecular weight excluding hydrogens is 323 g/mol. The molecule has 7 heteroatoms. The Bertz CT molecular complexity index is 349. The van der Waals surface area contributed by atoms with Crippen LogP contribution in [0.2, 0.25) is 0 Å². The number of carboxylic acid groups (broad SMARTS) is 1. The standard InChI is InChI=1S/C16H30N2O4.K/c1-2-3-4-5-6-8-15(20)17-10-13-18(11-7-14-19)12-9-16(21)22;/h5-6,19H,2-4,7-14H2,1H3,(H,17,20)(H,21,22);/q;+1/p-1/b6-5+;. The minimum absolute atomic E-state index is 0. The summed E-state index contributed by atoms with van der Waals surface area (Å²) in [6.07, 6.45) is 8.11. The van der Waals surface area contributed by atoms with Gasteiger partial charge < -0.3 is 25.2 Å². The molecule has 0 radical (unpaired) electrons. The Kier molecular flexibility index (Phi) is 20.6. The summed E-state index contributed by atoms with van der Waals surface area (Å²) in [6, 6.07) is 0. The van der Waals surface area contributed by atoms with E-state index in [9.17, 15) is 9.90 Å². The number of rotatable bonds is 14. The number of aliphatic carboxylic acids is 1. The fourth-order valence-corrected chi connectivity index (χ4v) is 1.89. The Morgan fingerprint density at radius 2 is 1.96 bits per heavy atom. The molecule has 0 aromatic heterocycles. The number of carbonyl (C=O) groups is 1. The Morgan fingerprint density at radius 3 is 2.57 bits per heavy atom. The first-order chi connectivity index (χ1) is 10.6. The molecule has 0 saturated heterocycles. The molecule has 0 aromatic rings. The zero-order chi connectivity index (χ0) is 16.6. The van der Waals surface area contributed by atoms with Crippen molar-refractivity contribution >= 4 is 11.9 Å². The average molecular weight is 353 g/mol. The summed E-state index contributed by atoms with van der Waals surface area (Å²) in [5.41, 5.74) is 0. The van der Waals surface area contributed by atoms with Gasteiger partial charge in [-0.25, -0.2) is 0 Å². The molecule has 128 valence electrons. The Labute approximate surface area is 182 Å². The van der Waals surface area contributed by atoms with E-state index in [1.165, 1.54) is 0 Å². The van der Waals surface area contributed by atoms with Crippen LogP contribution in [-0.4, -0.2) is 59.8 Å². The molecule has 0 aliphatic heterocycles. The molecule has 0 spiro atoms. The molecule has 0 aliphatic carbocycles. The van der Waals surface area contributed by atoms with E-state index in [4.69, 9.17) is 10.2 Å². The molecule has 0 rings (SSSR count). The van der Waals surface area contributed by atoms with E-state index in [1.807, 2.05) is 17.1 Å². The third kappa shape index (κ3) is 18.4. The van der Waals surface area contributed by atoms with Gasteiger partial charge in [0.1, 0.15) is 0 Å². The van der Waals surface area contributed by atoms with Gasteiger partial charge in [-0.1, -0.05) is 31.9 Å². The third-order valence-corrected chi connectivity index (χ3v) is 3.16. The maximum Gasteiger partial charge on any atom is 1.00 e. The van der Waals surface area contributed by atoms with Gasteiger partial charge in [0.05, 0.1) is 13.0 Å². The van der Waals surface area contributed by atoms with Gasteiger partial charge in [-0.15, -0.1) is 0 Å². The molecule has 0 aromatic carbocycles. The van der Waals surface area contributed by atoms with Gasteiger partial charge in [-0.2, -0.15) is 0 Å². The van der Waals surface area contributed by atoms with Gasteiger partial charge in [0, 0.05) is 26.2 Å². The molecule has 6 nitrogen and oxygen atoms in total. The molecule has 2 N–H and O–H groups in total. The van der Waals surface area contributed by atoms with Gasteiger partial charge in [-0.3, -0.25) is 4.79 Å². The number of hydrogen-bond acceptors (Lipinski definition) is 5. The van der Waals surface area contributed by atoms with Crippen molar-refractivity contribution in [1.82, 2.24) is 4.90 Å². The van der Waals surface area contributed by atoms with Crippen LogP contribution in [0.15, 0.2) is 17.1 Å². The van der Waals surface area contributed by atoms with Crippen molar-refractivity contribution in [1.29, 1.82) is 0 Å². The normalized spacial score (nSPS) is 11.9. The number of hydrogen-bond donors (Lipinski definition) is 2. The zero-order valence-electron chi connectivity index (χ0n) is 14.5. The topological polar surface area (TPSA) is 96.2 Å².